The zero-order valence-corrected chi connectivity index (χ0v) is 13.2. The molecular formula is C18H31NO. The van der Waals surface area contributed by atoms with Crippen LogP contribution in [0.5, 0.6) is 0 Å². The van der Waals surface area contributed by atoms with E-state index in [1.165, 1.54) is 57.1 Å². The monoisotopic (exact) mass is 277 g/mol. The molecule has 1 rings (SSSR count). The van der Waals surface area contributed by atoms with Gasteiger partial charge in [0.25, 0.3) is 0 Å². The van der Waals surface area contributed by atoms with Gasteiger partial charge in [-0.1, -0.05) is 64.5 Å². The van der Waals surface area contributed by atoms with E-state index >= 15 is 0 Å². The molecule has 0 spiro atoms. The second-order valence-electron chi connectivity index (χ2n) is 5.69. The Balaban J connectivity index is 2.47. The van der Waals surface area contributed by atoms with Crippen molar-refractivity contribution in [3.8, 4) is 0 Å². The van der Waals surface area contributed by atoms with Gasteiger partial charge >= 0.3 is 0 Å². The smallest absolute Gasteiger partial charge is 0.0681 e. The lowest BCUT2D eigenvalue weighted by Gasteiger charge is -2.20. The summed E-state index contributed by atoms with van der Waals surface area (Å²) in [4.78, 5) is 0. The Morgan fingerprint density at radius 1 is 0.900 bits per heavy atom. The SMILES string of the molecule is CCCCCC(CCCCC)Nc1ccc(CO)cc1. The molecule has 0 unspecified atom stereocenters. The van der Waals surface area contributed by atoms with Crippen LogP contribution in [0.2, 0.25) is 0 Å². The third-order valence-electron chi connectivity index (χ3n) is 3.82. The highest BCUT2D eigenvalue weighted by Crippen LogP contribution is 2.17. The summed E-state index contributed by atoms with van der Waals surface area (Å²) in [6.45, 7) is 4.64. The lowest BCUT2D eigenvalue weighted by Crippen LogP contribution is -2.19. The molecular weight excluding hydrogens is 246 g/mol. The van der Waals surface area contributed by atoms with Crippen molar-refractivity contribution in [1.82, 2.24) is 0 Å². The fourth-order valence-corrected chi connectivity index (χ4v) is 2.51. The van der Waals surface area contributed by atoms with E-state index in [0.29, 0.717) is 6.04 Å². The molecule has 2 nitrogen and oxygen atoms in total. The first kappa shape index (κ1) is 17.0. The first-order valence-corrected chi connectivity index (χ1v) is 8.26. The third kappa shape index (κ3) is 6.95. The summed E-state index contributed by atoms with van der Waals surface area (Å²) in [7, 11) is 0. The Morgan fingerprint density at radius 3 is 1.90 bits per heavy atom. The molecule has 0 aromatic heterocycles. The van der Waals surface area contributed by atoms with Gasteiger partial charge in [0.2, 0.25) is 0 Å². The molecule has 0 atom stereocenters. The summed E-state index contributed by atoms with van der Waals surface area (Å²) >= 11 is 0. The van der Waals surface area contributed by atoms with Gasteiger partial charge in [0, 0.05) is 11.7 Å². The summed E-state index contributed by atoms with van der Waals surface area (Å²) in [5.41, 5.74) is 2.16. The number of aliphatic hydroxyl groups is 1. The van der Waals surface area contributed by atoms with Crippen LogP contribution in [0.15, 0.2) is 24.3 Å². The first-order chi connectivity index (χ1) is 9.80. The van der Waals surface area contributed by atoms with Crippen molar-refractivity contribution < 1.29 is 5.11 Å². The van der Waals surface area contributed by atoms with Crippen LogP contribution >= 0.6 is 0 Å². The summed E-state index contributed by atoms with van der Waals surface area (Å²) in [5, 5.41) is 12.7. The van der Waals surface area contributed by atoms with E-state index in [4.69, 9.17) is 5.11 Å². The fourth-order valence-electron chi connectivity index (χ4n) is 2.51. The Bertz CT molecular complexity index is 324. The van der Waals surface area contributed by atoms with Crippen LogP contribution in [0, 0.1) is 0 Å². The second kappa shape index (κ2) is 10.7. The Kier molecular flexibility index (Phi) is 9.14. The third-order valence-corrected chi connectivity index (χ3v) is 3.82. The van der Waals surface area contributed by atoms with Crippen molar-refractivity contribution in [1.29, 1.82) is 0 Å². The molecule has 0 heterocycles. The maximum Gasteiger partial charge on any atom is 0.0681 e. The largest absolute Gasteiger partial charge is 0.392 e. The first-order valence-electron chi connectivity index (χ1n) is 8.26. The maximum absolute atomic E-state index is 9.08. The van der Waals surface area contributed by atoms with Gasteiger partial charge in [-0.2, -0.15) is 0 Å². The van der Waals surface area contributed by atoms with Gasteiger partial charge in [-0.05, 0) is 30.5 Å². The van der Waals surface area contributed by atoms with Crippen molar-refractivity contribution in [3.63, 3.8) is 0 Å². The molecule has 0 radical (unpaired) electrons. The number of aliphatic hydroxyl groups excluding tert-OH is 1. The Morgan fingerprint density at radius 2 is 1.45 bits per heavy atom. The average molecular weight is 277 g/mol. The summed E-state index contributed by atoms with van der Waals surface area (Å²) in [5.74, 6) is 0. The maximum atomic E-state index is 9.08. The highest BCUT2D eigenvalue weighted by atomic mass is 16.3. The predicted octanol–water partition coefficient (Wildman–Crippen LogP) is 5.12. The molecule has 0 bridgehead atoms. The molecule has 0 fully saturated rings. The predicted molar refractivity (Wildman–Crippen MR) is 88.1 cm³/mol. The Labute approximate surface area is 124 Å². The van der Waals surface area contributed by atoms with Crippen LogP contribution < -0.4 is 5.32 Å². The molecule has 1 aromatic carbocycles. The Hall–Kier alpha value is -1.02. The van der Waals surface area contributed by atoms with E-state index in [2.05, 4.69) is 31.3 Å². The summed E-state index contributed by atoms with van der Waals surface area (Å²) in [6.07, 6.45) is 10.4. The van der Waals surface area contributed by atoms with Crippen LogP contribution in [0.3, 0.4) is 0 Å². The minimum absolute atomic E-state index is 0.122. The van der Waals surface area contributed by atoms with Crippen LogP contribution in [0.1, 0.15) is 70.8 Å². The molecule has 2 heteroatoms. The van der Waals surface area contributed by atoms with Crippen molar-refractivity contribution in [2.45, 2.75) is 77.9 Å². The van der Waals surface area contributed by atoms with Gasteiger partial charge in [0.1, 0.15) is 0 Å². The van der Waals surface area contributed by atoms with Gasteiger partial charge in [-0.3, -0.25) is 0 Å². The van der Waals surface area contributed by atoms with Crippen LogP contribution in [-0.4, -0.2) is 11.1 Å². The highest BCUT2D eigenvalue weighted by molar-refractivity contribution is 5.45. The molecule has 114 valence electrons. The molecule has 1 aromatic rings. The summed E-state index contributed by atoms with van der Waals surface area (Å²) in [6, 6.07) is 8.75. The van der Waals surface area contributed by atoms with Crippen molar-refractivity contribution in [2.75, 3.05) is 5.32 Å². The number of anilines is 1. The zero-order valence-electron chi connectivity index (χ0n) is 13.2. The van der Waals surface area contributed by atoms with Crippen molar-refractivity contribution in [3.05, 3.63) is 29.8 Å². The van der Waals surface area contributed by atoms with Crippen LogP contribution in [0.4, 0.5) is 5.69 Å². The van der Waals surface area contributed by atoms with Crippen LogP contribution in [-0.2, 0) is 6.61 Å². The zero-order chi connectivity index (χ0) is 14.6. The fraction of sp³-hybridized carbons (Fsp3) is 0.667. The van der Waals surface area contributed by atoms with Crippen molar-refractivity contribution in [2.24, 2.45) is 0 Å². The standard InChI is InChI=1S/C18H31NO/c1-3-5-7-9-17(10-8-6-4-2)19-18-13-11-16(15-20)12-14-18/h11-14,17,19-20H,3-10,15H2,1-2H3. The molecule has 0 saturated heterocycles. The number of rotatable bonds is 11. The highest BCUT2D eigenvalue weighted by Gasteiger charge is 2.08. The van der Waals surface area contributed by atoms with Crippen LogP contribution in [0.25, 0.3) is 0 Å². The molecule has 0 aliphatic rings. The minimum Gasteiger partial charge on any atom is -0.392 e. The van der Waals surface area contributed by atoms with E-state index in [0.717, 1.165) is 5.56 Å². The molecule has 0 aliphatic carbocycles. The normalized spacial score (nSPS) is 11.0. The average Bonchev–Trinajstić information content (AvgIpc) is 2.48. The number of nitrogens with one attached hydrogen (secondary N) is 1. The summed E-state index contributed by atoms with van der Waals surface area (Å²) < 4.78 is 0. The van der Waals surface area contributed by atoms with E-state index in [1.54, 1.807) is 0 Å². The van der Waals surface area contributed by atoms with Gasteiger partial charge in [0.15, 0.2) is 0 Å². The molecule has 0 amide bonds. The molecule has 20 heavy (non-hydrogen) atoms. The van der Waals surface area contributed by atoms with Gasteiger partial charge < -0.3 is 10.4 Å². The lowest BCUT2D eigenvalue weighted by atomic mass is 10.0. The molecule has 0 saturated carbocycles. The van der Waals surface area contributed by atoms with E-state index < -0.39 is 0 Å². The lowest BCUT2D eigenvalue weighted by molar-refractivity contribution is 0.282. The van der Waals surface area contributed by atoms with E-state index in [9.17, 15) is 0 Å². The van der Waals surface area contributed by atoms with E-state index in [1.807, 2.05) is 12.1 Å². The number of hydrogen-bond donors (Lipinski definition) is 2. The quantitative estimate of drug-likeness (QED) is 0.550. The topological polar surface area (TPSA) is 32.3 Å². The second-order valence-corrected chi connectivity index (χ2v) is 5.69. The van der Waals surface area contributed by atoms with E-state index in [-0.39, 0.29) is 6.61 Å². The van der Waals surface area contributed by atoms with Gasteiger partial charge in [0.05, 0.1) is 6.61 Å². The molecule has 2 N–H and O–H groups in total. The number of hydrogen-bond acceptors (Lipinski definition) is 2. The molecule has 0 aliphatic heterocycles. The van der Waals surface area contributed by atoms with Crippen molar-refractivity contribution >= 4 is 5.69 Å². The van der Waals surface area contributed by atoms with Gasteiger partial charge in [-0.15, -0.1) is 0 Å². The van der Waals surface area contributed by atoms with Gasteiger partial charge in [-0.25, -0.2) is 0 Å². The number of benzene rings is 1. The minimum atomic E-state index is 0.122. The number of unbranched alkanes of at least 4 members (excludes halogenated alkanes) is 4.